The number of ether oxygens (including phenoxy) is 2. The highest BCUT2D eigenvalue weighted by atomic mass is 35.5. The molecule has 0 saturated carbocycles. The smallest absolute Gasteiger partial charge is 0.416 e. The van der Waals surface area contributed by atoms with Gasteiger partial charge in [-0.1, -0.05) is 35.9 Å². The van der Waals surface area contributed by atoms with Crippen molar-refractivity contribution < 1.29 is 27.6 Å². The molecule has 0 aliphatic carbocycles. The molecule has 5 aromatic rings. The van der Waals surface area contributed by atoms with Crippen LogP contribution in [0.15, 0.2) is 88.9 Å². The second-order valence-corrected chi connectivity index (χ2v) is 9.07. The first kappa shape index (κ1) is 28.2. The molecule has 0 fully saturated rings. The molecule has 2 aromatic heterocycles. The van der Waals surface area contributed by atoms with Gasteiger partial charge in [0, 0.05) is 34.3 Å². The van der Waals surface area contributed by atoms with Gasteiger partial charge in [-0.25, -0.2) is 9.97 Å². The number of benzene rings is 3. The van der Waals surface area contributed by atoms with Crippen LogP contribution in [0.2, 0.25) is 5.02 Å². The number of fused-ring (bicyclic) bond motifs is 1. The van der Waals surface area contributed by atoms with Gasteiger partial charge in [-0.05, 0) is 30.3 Å². The third kappa shape index (κ3) is 5.76. The number of rotatable bonds is 7. The minimum atomic E-state index is -4.63. The first-order valence-corrected chi connectivity index (χ1v) is 12.3. The number of para-hydroxylation sites is 1. The summed E-state index contributed by atoms with van der Waals surface area (Å²) in [5.41, 5.74) is -1.37. The maximum Gasteiger partial charge on any atom is 0.416 e. The Morgan fingerprint density at radius 2 is 1.86 bits per heavy atom. The zero-order valence-electron chi connectivity index (χ0n) is 21.4. The van der Waals surface area contributed by atoms with Crippen LogP contribution in [-0.2, 0) is 6.18 Å². The van der Waals surface area contributed by atoms with Gasteiger partial charge in [-0.2, -0.15) is 22.9 Å². The molecule has 0 spiro atoms. The summed E-state index contributed by atoms with van der Waals surface area (Å²) in [4.78, 5) is 32.2. The molecule has 42 heavy (non-hydrogen) atoms. The molecule has 0 aliphatic heterocycles. The predicted octanol–water partition coefficient (Wildman–Crippen LogP) is 6.72. The Morgan fingerprint density at radius 1 is 1.07 bits per heavy atom. The second-order valence-electron chi connectivity index (χ2n) is 8.63. The highest BCUT2D eigenvalue weighted by Gasteiger charge is 2.31. The standard InChI is InChI=1S/C28H17ClF3N5O5/c1-41-23-13-19(29)12-17(25(23)42-24-10-9-20(15-33-24)37(39)40)14-34-36-26(16-5-4-6-18(11-16)28(30,31)32)35-22-8-3-2-7-21(22)27(36)38/h2-15H,1H3. The monoisotopic (exact) mass is 595 g/mol. The highest BCUT2D eigenvalue weighted by Crippen LogP contribution is 2.37. The number of aromatic nitrogens is 3. The summed E-state index contributed by atoms with van der Waals surface area (Å²) < 4.78 is 52.5. The van der Waals surface area contributed by atoms with Gasteiger partial charge < -0.3 is 9.47 Å². The minimum Gasteiger partial charge on any atom is -0.493 e. The summed E-state index contributed by atoms with van der Waals surface area (Å²) in [7, 11) is 1.35. The lowest BCUT2D eigenvalue weighted by Crippen LogP contribution is -2.20. The SMILES string of the molecule is COc1cc(Cl)cc(C=Nn2c(-c3cccc(C(F)(F)F)c3)nc3ccccc3c2=O)c1Oc1ccc([N+](=O)[O-])cn1. The third-order valence-electron chi connectivity index (χ3n) is 5.92. The Hall–Kier alpha value is -5.30. The van der Waals surface area contributed by atoms with Crippen molar-refractivity contribution in [2.24, 2.45) is 5.10 Å². The van der Waals surface area contributed by atoms with Crippen LogP contribution in [0.3, 0.4) is 0 Å². The Balaban J connectivity index is 1.66. The lowest BCUT2D eigenvalue weighted by atomic mass is 10.1. The molecule has 2 heterocycles. The van der Waals surface area contributed by atoms with Crippen LogP contribution in [0.1, 0.15) is 11.1 Å². The largest absolute Gasteiger partial charge is 0.493 e. The van der Waals surface area contributed by atoms with Gasteiger partial charge in [0.25, 0.3) is 11.2 Å². The molecule has 0 unspecified atom stereocenters. The lowest BCUT2D eigenvalue weighted by Gasteiger charge is -2.14. The van der Waals surface area contributed by atoms with E-state index in [2.05, 4.69) is 15.1 Å². The van der Waals surface area contributed by atoms with Crippen LogP contribution in [0.25, 0.3) is 22.3 Å². The van der Waals surface area contributed by atoms with Crippen molar-refractivity contribution in [3.05, 3.63) is 116 Å². The van der Waals surface area contributed by atoms with Gasteiger partial charge in [0.2, 0.25) is 5.88 Å². The van der Waals surface area contributed by atoms with Crippen molar-refractivity contribution in [2.45, 2.75) is 6.18 Å². The van der Waals surface area contributed by atoms with Gasteiger partial charge >= 0.3 is 6.18 Å². The fraction of sp³-hybridized carbons (Fsp3) is 0.0714. The number of nitro groups is 1. The number of halogens is 4. The minimum absolute atomic E-state index is 0.0000519. The quantitative estimate of drug-likeness (QED) is 0.116. The molecule has 0 N–H and O–H groups in total. The van der Waals surface area contributed by atoms with Crippen molar-refractivity contribution in [1.82, 2.24) is 14.6 Å². The summed E-state index contributed by atoms with van der Waals surface area (Å²) in [6.07, 6.45) is -2.42. The van der Waals surface area contributed by atoms with Crippen molar-refractivity contribution in [3.63, 3.8) is 0 Å². The average molecular weight is 596 g/mol. The van der Waals surface area contributed by atoms with E-state index in [1.165, 1.54) is 55.8 Å². The van der Waals surface area contributed by atoms with E-state index in [4.69, 9.17) is 21.1 Å². The Bertz CT molecular complexity index is 1910. The molecule has 0 aliphatic rings. The lowest BCUT2D eigenvalue weighted by molar-refractivity contribution is -0.385. The molecule has 3 aromatic carbocycles. The molecular weight excluding hydrogens is 579 g/mol. The number of alkyl halides is 3. The Labute approximate surface area is 239 Å². The maximum atomic E-state index is 13.5. The first-order chi connectivity index (χ1) is 20.0. The number of hydrogen-bond acceptors (Lipinski definition) is 8. The Morgan fingerprint density at radius 3 is 2.55 bits per heavy atom. The van der Waals surface area contributed by atoms with E-state index in [-0.39, 0.29) is 55.9 Å². The van der Waals surface area contributed by atoms with Crippen molar-refractivity contribution in [3.8, 4) is 28.8 Å². The van der Waals surface area contributed by atoms with E-state index in [1.54, 1.807) is 18.2 Å². The van der Waals surface area contributed by atoms with Crippen molar-refractivity contribution >= 4 is 34.4 Å². The molecule has 5 rings (SSSR count). The normalized spacial score (nSPS) is 11.6. The second kappa shape index (κ2) is 11.3. The van der Waals surface area contributed by atoms with Crippen LogP contribution in [0.5, 0.6) is 17.4 Å². The number of nitrogens with zero attached hydrogens (tertiary/aromatic N) is 5. The summed E-state index contributed by atoms with van der Waals surface area (Å²) >= 11 is 6.26. The van der Waals surface area contributed by atoms with Crippen LogP contribution in [0.4, 0.5) is 18.9 Å². The van der Waals surface area contributed by atoms with Crippen molar-refractivity contribution in [1.29, 1.82) is 0 Å². The zero-order valence-corrected chi connectivity index (χ0v) is 22.1. The van der Waals surface area contributed by atoms with Crippen LogP contribution >= 0.6 is 11.6 Å². The van der Waals surface area contributed by atoms with Crippen LogP contribution in [-0.4, -0.2) is 32.9 Å². The molecule has 0 saturated heterocycles. The Kier molecular flexibility index (Phi) is 7.59. The molecule has 0 radical (unpaired) electrons. The van der Waals surface area contributed by atoms with Crippen LogP contribution < -0.4 is 15.0 Å². The molecular formula is C28H17ClF3N5O5. The molecule has 0 amide bonds. The summed E-state index contributed by atoms with van der Waals surface area (Å²) in [5, 5.41) is 15.6. The van der Waals surface area contributed by atoms with E-state index in [0.29, 0.717) is 0 Å². The topological polar surface area (TPSA) is 122 Å². The highest BCUT2D eigenvalue weighted by molar-refractivity contribution is 6.31. The fourth-order valence-corrected chi connectivity index (χ4v) is 4.18. The van der Waals surface area contributed by atoms with E-state index >= 15 is 0 Å². The van der Waals surface area contributed by atoms with Crippen molar-refractivity contribution in [2.75, 3.05) is 7.11 Å². The van der Waals surface area contributed by atoms with E-state index < -0.39 is 22.2 Å². The molecule has 0 bridgehead atoms. The summed E-state index contributed by atoms with van der Waals surface area (Å²) in [6, 6.07) is 16.1. The van der Waals surface area contributed by atoms with Crippen LogP contribution in [0, 0.1) is 10.1 Å². The zero-order chi connectivity index (χ0) is 30.0. The molecule has 212 valence electrons. The third-order valence-corrected chi connectivity index (χ3v) is 6.14. The van der Waals surface area contributed by atoms with Gasteiger partial charge in [0.05, 0.1) is 34.7 Å². The summed E-state index contributed by atoms with van der Waals surface area (Å²) in [5.74, 6) is 0.0280. The molecule has 14 heteroatoms. The average Bonchev–Trinajstić information content (AvgIpc) is 2.97. The number of hydrogen-bond donors (Lipinski definition) is 0. The van der Waals surface area contributed by atoms with E-state index in [9.17, 15) is 28.1 Å². The van der Waals surface area contributed by atoms with E-state index in [0.717, 1.165) is 23.0 Å². The predicted molar refractivity (Wildman–Crippen MR) is 148 cm³/mol. The van der Waals surface area contributed by atoms with Gasteiger partial charge in [-0.15, -0.1) is 0 Å². The first-order valence-electron chi connectivity index (χ1n) is 11.9. The number of pyridine rings is 1. The molecule has 0 atom stereocenters. The van der Waals surface area contributed by atoms with Gasteiger partial charge in [0.1, 0.15) is 6.20 Å². The fourth-order valence-electron chi connectivity index (χ4n) is 3.96. The number of methoxy groups -OCH3 is 1. The van der Waals surface area contributed by atoms with E-state index in [1.807, 2.05) is 0 Å². The molecule has 10 nitrogen and oxygen atoms in total. The van der Waals surface area contributed by atoms with Gasteiger partial charge in [-0.3, -0.25) is 14.9 Å². The maximum absolute atomic E-state index is 13.5. The summed E-state index contributed by atoms with van der Waals surface area (Å²) in [6.45, 7) is 0. The van der Waals surface area contributed by atoms with Gasteiger partial charge in [0.15, 0.2) is 17.3 Å².